The van der Waals surface area contributed by atoms with Crippen LogP contribution in [0, 0.1) is 0 Å². The quantitative estimate of drug-likeness (QED) is 0.271. The molecule has 11 heteroatoms. The molecule has 3 aromatic carbocycles. The van der Waals surface area contributed by atoms with Crippen LogP contribution in [-0.4, -0.2) is 59.5 Å². The molecule has 1 amide bonds. The van der Waals surface area contributed by atoms with Crippen LogP contribution in [-0.2, 0) is 17.4 Å². The van der Waals surface area contributed by atoms with Crippen LogP contribution >= 0.6 is 0 Å². The molecule has 42 heavy (non-hydrogen) atoms. The lowest BCUT2D eigenvalue weighted by atomic mass is 9.92. The summed E-state index contributed by atoms with van der Waals surface area (Å²) in [6.07, 6.45) is -0.939. The summed E-state index contributed by atoms with van der Waals surface area (Å²) in [5.41, 5.74) is 1.48. The molecule has 0 saturated heterocycles. The Morgan fingerprint density at radius 3 is 2.12 bits per heavy atom. The monoisotopic (exact) mass is 587 g/mol. The Labute approximate surface area is 242 Å². The summed E-state index contributed by atoms with van der Waals surface area (Å²) < 4.78 is 72.8. The van der Waals surface area contributed by atoms with E-state index in [0.717, 1.165) is 23.3 Å². The molecule has 4 rings (SSSR count). The topological polar surface area (TPSA) is 75.7 Å². The molecule has 1 heterocycles. The highest BCUT2D eigenvalue weighted by molar-refractivity contribution is 5.92. The normalized spacial score (nSPS) is 14.8. The van der Waals surface area contributed by atoms with Gasteiger partial charge in [-0.05, 0) is 71.7 Å². The van der Waals surface area contributed by atoms with Crippen molar-refractivity contribution in [3.63, 3.8) is 0 Å². The van der Waals surface area contributed by atoms with Crippen molar-refractivity contribution in [1.29, 1.82) is 0 Å². The summed E-state index contributed by atoms with van der Waals surface area (Å²) in [4.78, 5) is 15.2. The van der Waals surface area contributed by atoms with Gasteiger partial charge in [-0.3, -0.25) is 4.79 Å². The molecule has 1 aliphatic rings. The van der Waals surface area contributed by atoms with E-state index in [1.807, 2.05) is 6.07 Å². The van der Waals surface area contributed by atoms with Crippen molar-refractivity contribution in [2.24, 2.45) is 0 Å². The maximum atomic E-state index is 13.6. The highest BCUT2D eigenvalue weighted by atomic mass is 19.4. The van der Waals surface area contributed by atoms with Crippen molar-refractivity contribution in [2.45, 2.75) is 18.6 Å². The molecule has 0 bridgehead atoms. The predicted octanol–water partition coefficient (Wildman–Crippen LogP) is 5.97. The third-order valence-corrected chi connectivity index (χ3v) is 6.96. The minimum Gasteiger partial charge on any atom is -0.493 e. The smallest absolute Gasteiger partial charge is 0.416 e. The van der Waals surface area contributed by atoms with E-state index >= 15 is 0 Å². The van der Waals surface area contributed by atoms with Crippen LogP contribution in [0.5, 0.6) is 34.5 Å². The van der Waals surface area contributed by atoms with E-state index in [1.54, 1.807) is 29.2 Å². The van der Waals surface area contributed by atoms with Crippen molar-refractivity contribution < 1.29 is 46.4 Å². The van der Waals surface area contributed by atoms with Gasteiger partial charge in [-0.2, -0.15) is 13.2 Å². The van der Waals surface area contributed by atoms with Crippen LogP contribution in [0.3, 0.4) is 0 Å². The Bertz CT molecular complexity index is 1430. The van der Waals surface area contributed by atoms with Crippen LogP contribution in [0.4, 0.5) is 13.2 Å². The summed E-state index contributed by atoms with van der Waals surface area (Å²) in [7, 11) is 7.54. The van der Waals surface area contributed by atoms with E-state index in [2.05, 4.69) is 0 Å². The number of hydrogen-bond donors (Lipinski definition) is 0. The number of amides is 1. The first-order valence-electron chi connectivity index (χ1n) is 13.0. The first kappa shape index (κ1) is 30.4. The zero-order valence-corrected chi connectivity index (χ0v) is 23.9. The van der Waals surface area contributed by atoms with Gasteiger partial charge in [0.05, 0.1) is 47.2 Å². The van der Waals surface area contributed by atoms with Crippen molar-refractivity contribution in [3.05, 3.63) is 76.9 Å². The minimum absolute atomic E-state index is 0.0396. The molecule has 3 aromatic rings. The first-order valence-corrected chi connectivity index (χ1v) is 13.0. The molecule has 1 atom stereocenters. The van der Waals surface area contributed by atoms with Crippen LogP contribution in [0.1, 0.15) is 28.3 Å². The molecule has 0 spiro atoms. The predicted molar refractivity (Wildman–Crippen MR) is 150 cm³/mol. The van der Waals surface area contributed by atoms with Gasteiger partial charge in [0.25, 0.3) is 0 Å². The lowest BCUT2D eigenvalue weighted by Crippen LogP contribution is -2.41. The van der Waals surface area contributed by atoms with Gasteiger partial charge in [0.1, 0.15) is 12.4 Å². The zero-order chi connectivity index (χ0) is 30.4. The fourth-order valence-corrected chi connectivity index (χ4v) is 4.87. The van der Waals surface area contributed by atoms with Crippen LogP contribution in [0.2, 0.25) is 0 Å². The third-order valence-electron chi connectivity index (χ3n) is 6.96. The molecular weight excluding hydrogens is 555 g/mol. The van der Waals surface area contributed by atoms with Crippen molar-refractivity contribution in [3.8, 4) is 34.5 Å². The van der Waals surface area contributed by atoms with E-state index in [0.29, 0.717) is 47.3 Å². The largest absolute Gasteiger partial charge is 0.493 e. The first-order chi connectivity index (χ1) is 20.1. The molecule has 0 aliphatic carbocycles. The van der Waals surface area contributed by atoms with E-state index < -0.39 is 17.8 Å². The van der Waals surface area contributed by atoms with Gasteiger partial charge in [0.15, 0.2) is 23.0 Å². The van der Waals surface area contributed by atoms with Crippen LogP contribution < -0.4 is 28.4 Å². The number of nitrogens with zero attached hydrogens (tertiary/aromatic N) is 1. The molecule has 1 aliphatic heterocycles. The van der Waals surface area contributed by atoms with E-state index in [4.69, 9.17) is 28.4 Å². The maximum Gasteiger partial charge on any atom is 0.416 e. The van der Waals surface area contributed by atoms with Gasteiger partial charge in [-0.25, -0.2) is 0 Å². The highest BCUT2D eigenvalue weighted by Crippen LogP contribution is 2.40. The molecule has 8 nitrogen and oxygen atoms in total. The SMILES string of the molecule is COc1cc2c(cc1OC)C(COc1cccc(C(F)(F)F)c1)N(C(=O)/C=C/c1cc(OC)c(OC)c(OC)c1)CC2. The van der Waals surface area contributed by atoms with Gasteiger partial charge in [0.2, 0.25) is 11.7 Å². The number of rotatable bonds is 10. The van der Waals surface area contributed by atoms with Gasteiger partial charge >= 0.3 is 6.18 Å². The van der Waals surface area contributed by atoms with Gasteiger partial charge in [0, 0.05) is 12.6 Å². The number of ether oxygens (including phenoxy) is 6. The summed E-state index contributed by atoms with van der Waals surface area (Å²) in [6.45, 7) is 0.255. The molecule has 0 fully saturated rings. The number of carbonyl (C=O) groups is 1. The maximum absolute atomic E-state index is 13.6. The van der Waals surface area contributed by atoms with Gasteiger partial charge < -0.3 is 33.3 Å². The minimum atomic E-state index is -4.51. The molecule has 0 N–H and O–H groups in total. The molecule has 0 saturated carbocycles. The second kappa shape index (κ2) is 13.0. The summed E-state index contributed by atoms with van der Waals surface area (Å²) >= 11 is 0. The Balaban J connectivity index is 1.67. The average Bonchev–Trinajstić information content (AvgIpc) is 3.00. The lowest BCUT2D eigenvalue weighted by Gasteiger charge is -2.37. The third kappa shape index (κ3) is 6.50. The number of methoxy groups -OCH3 is 5. The molecular formula is C31H32F3NO7. The Morgan fingerprint density at radius 2 is 1.52 bits per heavy atom. The van der Waals surface area contributed by atoms with Gasteiger partial charge in [-0.1, -0.05) is 6.07 Å². The van der Waals surface area contributed by atoms with Crippen molar-refractivity contribution in [1.82, 2.24) is 4.90 Å². The molecule has 224 valence electrons. The number of carbonyl (C=O) groups excluding carboxylic acids is 1. The Hall–Kier alpha value is -4.54. The van der Waals surface area contributed by atoms with E-state index in [1.165, 1.54) is 53.8 Å². The Kier molecular flexibility index (Phi) is 9.39. The molecule has 0 radical (unpaired) electrons. The number of fused-ring (bicyclic) bond motifs is 1. The van der Waals surface area contributed by atoms with Crippen molar-refractivity contribution >= 4 is 12.0 Å². The standard InChI is InChI=1S/C31H32F3NO7/c1-37-25-15-20-11-12-35(29(36)10-9-19-13-27(39-3)30(41-5)28(14-19)40-4)24(23(20)17-26(25)38-2)18-42-22-8-6-7-21(16-22)31(32,33)34/h6-10,13-17,24H,11-12,18H2,1-5H3/b10-9+. The molecule has 1 unspecified atom stereocenters. The number of halogens is 3. The summed E-state index contributed by atoms with van der Waals surface area (Å²) in [6, 6.07) is 11.1. The molecule has 0 aromatic heterocycles. The zero-order valence-electron chi connectivity index (χ0n) is 23.9. The summed E-state index contributed by atoms with van der Waals surface area (Å²) in [5, 5.41) is 0. The highest BCUT2D eigenvalue weighted by Gasteiger charge is 2.33. The fourth-order valence-electron chi connectivity index (χ4n) is 4.87. The van der Waals surface area contributed by atoms with Crippen molar-refractivity contribution in [2.75, 3.05) is 48.7 Å². The van der Waals surface area contributed by atoms with E-state index in [-0.39, 0.29) is 18.3 Å². The summed E-state index contributed by atoms with van der Waals surface area (Å²) in [5.74, 6) is 2.01. The Morgan fingerprint density at radius 1 is 0.881 bits per heavy atom. The fraction of sp³-hybridized carbons (Fsp3) is 0.323. The average molecular weight is 588 g/mol. The second-order valence-electron chi connectivity index (χ2n) is 9.33. The van der Waals surface area contributed by atoms with E-state index in [9.17, 15) is 18.0 Å². The van der Waals surface area contributed by atoms with Crippen LogP contribution in [0.15, 0.2) is 54.6 Å². The second-order valence-corrected chi connectivity index (χ2v) is 9.33. The number of alkyl halides is 3. The number of hydrogen-bond acceptors (Lipinski definition) is 7. The van der Waals surface area contributed by atoms with Crippen LogP contribution in [0.25, 0.3) is 6.08 Å². The number of benzene rings is 3. The van der Waals surface area contributed by atoms with Gasteiger partial charge in [-0.15, -0.1) is 0 Å². The lowest BCUT2D eigenvalue weighted by molar-refractivity contribution is -0.137.